The van der Waals surface area contributed by atoms with Crippen LogP contribution in [0.1, 0.15) is 22.3 Å². The Morgan fingerprint density at radius 2 is 2.22 bits per heavy atom. The number of nitrogens with zero attached hydrogens (tertiary/aromatic N) is 3. The predicted molar refractivity (Wildman–Crippen MR) is 71.5 cm³/mol. The molecule has 0 bridgehead atoms. The van der Waals surface area contributed by atoms with E-state index in [9.17, 15) is 4.79 Å². The number of carbonyl (C=O) groups is 1. The fraction of sp³-hybridized carbons (Fsp3) is 0.200. The van der Waals surface area contributed by atoms with Crippen LogP contribution in [0, 0.1) is 0 Å². The number of carbonyl (C=O) groups excluding carboxylic acids is 1. The lowest BCUT2D eigenvalue weighted by atomic mass is 10.2. The number of halogens is 2. The smallest absolute Gasteiger partial charge is 0.259 e. The molecule has 0 unspecified atom stereocenters. The van der Waals surface area contributed by atoms with Gasteiger partial charge in [-0.15, -0.1) is 10.2 Å². The Bertz CT molecular complexity index is 587. The number of aryl methyl sites for hydroxylation is 1. The molecule has 2 rings (SSSR count). The van der Waals surface area contributed by atoms with Gasteiger partial charge in [0.2, 0.25) is 5.13 Å². The van der Waals surface area contributed by atoms with Crippen molar-refractivity contribution in [2.75, 3.05) is 5.32 Å². The number of hydrogen-bond donors (Lipinski definition) is 1. The van der Waals surface area contributed by atoms with Crippen LogP contribution in [0.4, 0.5) is 5.13 Å². The number of anilines is 1. The average molecular weight is 303 g/mol. The van der Waals surface area contributed by atoms with E-state index in [-0.39, 0.29) is 21.6 Å². The first-order valence-electron chi connectivity index (χ1n) is 5.05. The van der Waals surface area contributed by atoms with E-state index in [2.05, 4.69) is 20.5 Å². The lowest BCUT2D eigenvalue weighted by Crippen LogP contribution is -2.12. The standard InChI is InChI=1S/C10H8Cl2N4OS/c1-2-8-15-16-10(18-8)14-9(17)5-3-7(12)13-4-6(5)11/h3-4H,2H2,1H3,(H,14,16,17). The molecule has 2 aromatic rings. The molecule has 0 spiro atoms. The molecule has 0 aliphatic rings. The van der Waals surface area contributed by atoms with Gasteiger partial charge in [0, 0.05) is 6.20 Å². The van der Waals surface area contributed by atoms with Crippen LogP contribution in [0.25, 0.3) is 0 Å². The molecule has 0 aliphatic carbocycles. The summed E-state index contributed by atoms with van der Waals surface area (Å²) < 4.78 is 0. The Morgan fingerprint density at radius 1 is 1.44 bits per heavy atom. The minimum absolute atomic E-state index is 0.205. The van der Waals surface area contributed by atoms with Crippen molar-refractivity contribution in [1.82, 2.24) is 15.2 Å². The van der Waals surface area contributed by atoms with Crippen molar-refractivity contribution in [2.24, 2.45) is 0 Å². The molecule has 0 fully saturated rings. The van der Waals surface area contributed by atoms with Crippen molar-refractivity contribution in [3.63, 3.8) is 0 Å². The van der Waals surface area contributed by atoms with E-state index in [1.54, 1.807) is 0 Å². The summed E-state index contributed by atoms with van der Waals surface area (Å²) in [4.78, 5) is 15.7. The highest BCUT2D eigenvalue weighted by atomic mass is 35.5. The van der Waals surface area contributed by atoms with Crippen LogP contribution in [0.2, 0.25) is 10.2 Å². The summed E-state index contributed by atoms with van der Waals surface area (Å²) in [7, 11) is 0. The second kappa shape index (κ2) is 5.60. The summed E-state index contributed by atoms with van der Waals surface area (Å²) in [6.45, 7) is 1.96. The van der Waals surface area contributed by atoms with E-state index in [0.29, 0.717) is 5.13 Å². The number of pyridine rings is 1. The number of amides is 1. The summed E-state index contributed by atoms with van der Waals surface area (Å²) in [6, 6.07) is 1.40. The van der Waals surface area contributed by atoms with Crippen molar-refractivity contribution in [3.8, 4) is 0 Å². The van der Waals surface area contributed by atoms with Crippen LogP contribution < -0.4 is 5.32 Å². The van der Waals surface area contributed by atoms with Gasteiger partial charge in [0.1, 0.15) is 10.2 Å². The minimum Gasteiger partial charge on any atom is -0.296 e. The molecule has 0 aliphatic heterocycles. The highest BCUT2D eigenvalue weighted by Gasteiger charge is 2.14. The first kappa shape index (κ1) is 13.2. The summed E-state index contributed by atoms with van der Waals surface area (Å²) in [6.07, 6.45) is 2.10. The monoisotopic (exact) mass is 302 g/mol. The van der Waals surface area contributed by atoms with Crippen LogP contribution in [0.15, 0.2) is 12.3 Å². The first-order valence-corrected chi connectivity index (χ1v) is 6.62. The van der Waals surface area contributed by atoms with Gasteiger partial charge in [-0.05, 0) is 12.5 Å². The third-order valence-corrected chi connectivity index (χ3v) is 3.55. The Kier molecular flexibility index (Phi) is 4.11. The SMILES string of the molecule is CCc1nnc(NC(=O)c2cc(Cl)ncc2Cl)s1. The average Bonchev–Trinajstić information content (AvgIpc) is 2.80. The fourth-order valence-electron chi connectivity index (χ4n) is 1.20. The molecule has 18 heavy (non-hydrogen) atoms. The fourth-order valence-corrected chi connectivity index (χ4v) is 2.22. The zero-order valence-corrected chi connectivity index (χ0v) is 11.6. The summed E-state index contributed by atoms with van der Waals surface area (Å²) in [5.41, 5.74) is 0.255. The van der Waals surface area contributed by atoms with E-state index in [1.165, 1.54) is 23.6 Å². The zero-order valence-electron chi connectivity index (χ0n) is 9.28. The minimum atomic E-state index is -0.386. The van der Waals surface area contributed by atoms with E-state index in [0.717, 1.165) is 11.4 Å². The maximum atomic E-state index is 11.9. The molecule has 0 saturated carbocycles. The van der Waals surface area contributed by atoms with Gasteiger partial charge in [0.05, 0.1) is 10.6 Å². The highest BCUT2D eigenvalue weighted by Crippen LogP contribution is 2.21. The lowest BCUT2D eigenvalue weighted by molar-refractivity contribution is 0.102. The van der Waals surface area contributed by atoms with Gasteiger partial charge in [-0.1, -0.05) is 41.5 Å². The Morgan fingerprint density at radius 3 is 2.89 bits per heavy atom. The highest BCUT2D eigenvalue weighted by molar-refractivity contribution is 7.15. The van der Waals surface area contributed by atoms with Gasteiger partial charge < -0.3 is 0 Å². The number of hydrogen-bond acceptors (Lipinski definition) is 5. The second-order valence-corrected chi connectivity index (χ2v) is 5.15. The van der Waals surface area contributed by atoms with Gasteiger partial charge >= 0.3 is 0 Å². The van der Waals surface area contributed by atoms with Crippen molar-refractivity contribution < 1.29 is 4.79 Å². The maximum absolute atomic E-state index is 11.9. The van der Waals surface area contributed by atoms with Gasteiger partial charge in [0.25, 0.3) is 5.91 Å². The molecule has 8 heteroatoms. The van der Waals surface area contributed by atoms with Gasteiger partial charge in [-0.25, -0.2) is 4.98 Å². The predicted octanol–water partition coefficient (Wildman–Crippen LogP) is 3.05. The molecular weight excluding hydrogens is 295 g/mol. The molecule has 5 nitrogen and oxygen atoms in total. The normalized spacial score (nSPS) is 10.4. The van der Waals surface area contributed by atoms with Gasteiger partial charge in [0.15, 0.2) is 0 Å². The van der Waals surface area contributed by atoms with Gasteiger partial charge in [-0.3, -0.25) is 10.1 Å². The van der Waals surface area contributed by atoms with E-state index in [4.69, 9.17) is 23.2 Å². The lowest BCUT2D eigenvalue weighted by Gasteiger charge is -2.03. The third kappa shape index (κ3) is 2.95. The van der Waals surface area contributed by atoms with Crippen molar-refractivity contribution in [1.29, 1.82) is 0 Å². The quantitative estimate of drug-likeness (QED) is 0.885. The maximum Gasteiger partial charge on any atom is 0.259 e. The molecule has 0 radical (unpaired) electrons. The topological polar surface area (TPSA) is 67.8 Å². The van der Waals surface area contributed by atoms with Crippen LogP contribution in [0.3, 0.4) is 0 Å². The van der Waals surface area contributed by atoms with Crippen LogP contribution >= 0.6 is 34.5 Å². The second-order valence-electron chi connectivity index (χ2n) is 3.30. The summed E-state index contributed by atoms with van der Waals surface area (Å²) >= 11 is 12.9. The Hall–Kier alpha value is -1.24. The number of aromatic nitrogens is 3. The van der Waals surface area contributed by atoms with Crippen molar-refractivity contribution >= 4 is 45.6 Å². The molecule has 1 amide bonds. The van der Waals surface area contributed by atoms with E-state index < -0.39 is 0 Å². The third-order valence-electron chi connectivity index (χ3n) is 2.06. The van der Waals surface area contributed by atoms with Crippen molar-refractivity contribution in [3.05, 3.63) is 33.0 Å². The Labute approximate surface area is 117 Å². The largest absolute Gasteiger partial charge is 0.296 e. The molecule has 0 atom stereocenters. The summed E-state index contributed by atoms with van der Waals surface area (Å²) in [5.74, 6) is -0.386. The molecule has 0 aromatic carbocycles. The zero-order chi connectivity index (χ0) is 13.1. The first-order chi connectivity index (χ1) is 8.60. The molecule has 2 aromatic heterocycles. The summed E-state index contributed by atoms with van der Waals surface area (Å²) in [5, 5.41) is 12.1. The van der Waals surface area contributed by atoms with Crippen LogP contribution in [0.5, 0.6) is 0 Å². The van der Waals surface area contributed by atoms with Gasteiger partial charge in [-0.2, -0.15) is 0 Å². The van der Waals surface area contributed by atoms with Crippen LogP contribution in [-0.2, 0) is 6.42 Å². The van der Waals surface area contributed by atoms with E-state index >= 15 is 0 Å². The number of rotatable bonds is 3. The molecule has 0 saturated heterocycles. The Balaban J connectivity index is 2.19. The number of nitrogens with one attached hydrogen (secondary N) is 1. The molecule has 94 valence electrons. The molecule has 1 N–H and O–H groups in total. The molecule has 2 heterocycles. The van der Waals surface area contributed by atoms with Crippen LogP contribution in [-0.4, -0.2) is 21.1 Å². The van der Waals surface area contributed by atoms with E-state index in [1.807, 2.05) is 6.92 Å². The molecular formula is C10H8Cl2N4OS. The van der Waals surface area contributed by atoms with Crippen molar-refractivity contribution in [2.45, 2.75) is 13.3 Å².